The molecular formula is C18H17N3OS3. The van der Waals surface area contributed by atoms with Crippen molar-refractivity contribution in [3.05, 3.63) is 65.7 Å². The second kappa shape index (κ2) is 9.03. The Morgan fingerprint density at radius 3 is 2.52 bits per heavy atom. The maximum atomic E-state index is 12.3. The summed E-state index contributed by atoms with van der Waals surface area (Å²) in [5.74, 6) is 1.65. The van der Waals surface area contributed by atoms with Crippen molar-refractivity contribution in [3.63, 3.8) is 0 Å². The number of hydrogen-bond donors (Lipinski definition) is 1. The van der Waals surface area contributed by atoms with Crippen LogP contribution in [0.1, 0.15) is 22.8 Å². The first-order chi connectivity index (χ1) is 12.2. The number of nitrogens with zero attached hydrogens (tertiary/aromatic N) is 2. The van der Waals surface area contributed by atoms with E-state index in [4.69, 9.17) is 0 Å². The van der Waals surface area contributed by atoms with E-state index in [0.717, 1.165) is 15.8 Å². The molecule has 1 amide bonds. The maximum absolute atomic E-state index is 12.3. The number of hydrogen-bond acceptors (Lipinski definition) is 6. The third-order valence-corrected chi connectivity index (χ3v) is 6.20. The number of rotatable bonds is 7. The van der Waals surface area contributed by atoms with Crippen LogP contribution in [0.25, 0.3) is 0 Å². The Morgan fingerprint density at radius 1 is 1.04 bits per heavy atom. The molecule has 4 nitrogen and oxygen atoms in total. The van der Waals surface area contributed by atoms with Gasteiger partial charge in [0.05, 0.1) is 0 Å². The SMILES string of the molecule is CCSc1nnc(NC(=O)c2ccc(CSc3ccccc3)cc2)s1. The molecule has 0 fully saturated rings. The molecule has 0 aliphatic heterocycles. The molecule has 0 saturated carbocycles. The Hall–Kier alpha value is -1.83. The first kappa shape index (κ1) is 18.0. The smallest absolute Gasteiger partial charge is 0.257 e. The molecule has 1 N–H and O–H groups in total. The first-order valence-electron chi connectivity index (χ1n) is 7.79. The standard InChI is InChI=1S/C18H17N3OS3/c1-2-23-18-21-20-17(25-18)19-16(22)14-10-8-13(9-11-14)12-24-15-6-4-3-5-7-15/h3-11H,2,12H2,1H3,(H,19,20,22). The van der Waals surface area contributed by atoms with Crippen molar-refractivity contribution in [1.29, 1.82) is 0 Å². The highest BCUT2D eigenvalue weighted by Gasteiger charge is 2.10. The highest BCUT2D eigenvalue weighted by atomic mass is 32.2. The minimum absolute atomic E-state index is 0.161. The zero-order valence-electron chi connectivity index (χ0n) is 13.6. The van der Waals surface area contributed by atoms with E-state index in [1.165, 1.54) is 21.8 Å². The number of aromatic nitrogens is 2. The average Bonchev–Trinajstić information content (AvgIpc) is 3.08. The van der Waals surface area contributed by atoms with E-state index < -0.39 is 0 Å². The lowest BCUT2D eigenvalue weighted by Crippen LogP contribution is -2.11. The molecule has 7 heteroatoms. The Bertz CT molecular complexity index is 819. The lowest BCUT2D eigenvalue weighted by molar-refractivity contribution is 0.102. The van der Waals surface area contributed by atoms with Crippen LogP contribution in [0.4, 0.5) is 5.13 Å². The van der Waals surface area contributed by atoms with Crippen molar-refractivity contribution in [2.75, 3.05) is 11.1 Å². The lowest BCUT2D eigenvalue weighted by atomic mass is 10.1. The maximum Gasteiger partial charge on any atom is 0.257 e. The average molecular weight is 388 g/mol. The number of anilines is 1. The van der Waals surface area contributed by atoms with Gasteiger partial charge in [-0.2, -0.15) is 0 Å². The van der Waals surface area contributed by atoms with Crippen molar-refractivity contribution >= 4 is 45.9 Å². The van der Waals surface area contributed by atoms with Crippen LogP contribution in [0.3, 0.4) is 0 Å². The van der Waals surface area contributed by atoms with Crippen LogP contribution >= 0.6 is 34.9 Å². The molecule has 0 bridgehead atoms. The fourth-order valence-corrected chi connectivity index (χ4v) is 4.57. The molecule has 0 aliphatic carbocycles. The van der Waals surface area contributed by atoms with Gasteiger partial charge in [0, 0.05) is 16.2 Å². The van der Waals surface area contributed by atoms with E-state index in [2.05, 4.69) is 34.6 Å². The Morgan fingerprint density at radius 2 is 1.80 bits per heavy atom. The fraction of sp³-hybridized carbons (Fsp3) is 0.167. The summed E-state index contributed by atoms with van der Waals surface area (Å²) in [6.07, 6.45) is 0. The predicted octanol–water partition coefficient (Wildman–Crippen LogP) is 5.19. The number of nitrogens with one attached hydrogen (secondary N) is 1. The molecule has 0 atom stereocenters. The van der Waals surface area contributed by atoms with Crippen LogP contribution in [0, 0.1) is 0 Å². The van der Waals surface area contributed by atoms with Gasteiger partial charge in [0.2, 0.25) is 5.13 Å². The monoisotopic (exact) mass is 387 g/mol. The molecule has 3 rings (SSSR count). The van der Waals surface area contributed by atoms with Crippen LogP contribution in [-0.4, -0.2) is 21.9 Å². The summed E-state index contributed by atoms with van der Waals surface area (Å²) >= 11 is 4.79. The van der Waals surface area contributed by atoms with Crippen molar-refractivity contribution in [2.24, 2.45) is 0 Å². The largest absolute Gasteiger partial charge is 0.296 e. The van der Waals surface area contributed by atoms with Crippen LogP contribution in [0.15, 0.2) is 63.8 Å². The topological polar surface area (TPSA) is 54.9 Å². The van der Waals surface area contributed by atoms with E-state index >= 15 is 0 Å². The molecule has 0 unspecified atom stereocenters. The van der Waals surface area contributed by atoms with Gasteiger partial charge in [-0.15, -0.1) is 22.0 Å². The van der Waals surface area contributed by atoms with E-state index in [1.54, 1.807) is 23.5 Å². The number of carbonyl (C=O) groups is 1. The second-order valence-electron chi connectivity index (χ2n) is 5.06. The normalized spacial score (nSPS) is 10.6. The van der Waals surface area contributed by atoms with Gasteiger partial charge in [0.25, 0.3) is 5.91 Å². The Kier molecular flexibility index (Phi) is 6.49. The van der Waals surface area contributed by atoms with E-state index in [0.29, 0.717) is 10.7 Å². The van der Waals surface area contributed by atoms with Crippen molar-refractivity contribution < 1.29 is 4.79 Å². The summed E-state index contributed by atoms with van der Waals surface area (Å²) in [6.45, 7) is 2.06. The number of thioether (sulfide) groups is 2. The zero-order valence-corrected chi connectivity index (χ0v) is 16.1. The second-order valence-corrected chi connectivity index (χ2v) is 8.60. The molecule has 0 radical (unpaired) electrons. The van der Waals surface area contributed by atoms with Gasteiger partial charge in [0.15, 0.2) is 4.34 Å². The third-order valence-electron chi connectivity index (χ3n) is 3.26. The molecule has 128 valence electrons. The quantitative estimate of drug-likeness (QED) is 0.446. The summed E-state index contributed by atoms with van der Waals surface area (Å²) in [5.41, 5.74) is 1.80. The van der Waals surface area contributed by atoms with E-state index in [-0.39, 0.29) is 5.91 Å². The van der Waals surface area contributed by atoms with Crippen LogP contribution in [0.2, 0.25) is 0 Å². The third kappa shape index (κ3) is 5.32. The summed E-state index contributed by atoms with van der Waals surface area (Å²) < 4.78 is 0.867. The van der Waals surface area contributed by atoms with Gasteiger partial charge < -0.3 is 0 Å². The minimum atomic E-state index is -0.161. The van der Waals surface area contributed by atoms with Gasteiger partial charge in [0.1, 0.15) is 0 Å². The number of benzene rings is 2. The highest BCUT2D eigenvalue weighted by Crippen LogP contribution is 2.26. The summed E-state index contributed by atoms with van der Waals surface area (Å²) in [4.78, 5) is 13.5. The zero-order chi connectivity index (χ0) is 17.5. The minimum Gasteiger partial charge on any atom is -0.296 e. The molecule has 0 aliphatic rings. The van der Waals surface area contributed by atoms with Crippen molar-refractivity contribution in [3.8, 4) is 0 Å². The van der Waals surface area contributed by atoms with E-state index in [1.807, 2.05) is 42.5 Å². The van der Waals surface area contributed by atoms with Gasteiger partial charge in [-0.1, -0.05) is 60.4 Å². The lowest BCUT2D eigenvalue weighted by Gasteiger charge is -2.04. The van der Waals surface area contributed by atoms with Crippen molar-refractivity contribution in [1.82, 2.24) is 10.2 Å². The summed E-state index contributed by atoms with van der Waals surface area (Å²) in [5, 5.41) is 11.4. The molecule has 0 spiro atoms. The van der Waals surface area contributed by atoms with E-state index in [9.17, 15) is 4.79 Å². The molecule has 2 aromatic carbocycles. The fourth-order valence-electron chi connectivity index (χ4n) is 2.05. The van der Waals surface area contributed by atoms with Crippen LogP contribution in [0.5, 0.6) is 0 Å². The van der Waals surface area contributed by atoms with Gasteiger partial charge in [-0.3, -0.25) is 10.1 Å². The van der Waals surface area contributed by atoms with Crippen LogP contribution < -0.4 is 5.32 Å². The first-order valence-corrected chi connectivity index (χ1v) is 10.6. The Balaban J connectivity index is 1.56. The Labute approximate surface area is 159 Å². The molecule has 1 heterocycles. The molecule has 1 aromatic heterocycles. The summed E-state index contributed by atoms with van der Waals surface area (Å²) in [7, 11) is 0. The predicted molar refractivity (Wildman–Crippen MR) is 107 cm³/mol. The number of carbonyl (C=O) groups excluding carboxylic acids is 1. The molecular weight excluding hydrogens is 370 g/mol. The highest BCUT2D eigenvalue weighted by molar-refractivity contribution is 8.01. The summed E-state index contributed by atoms with van der Waals surface area (Å²) in [6, 6.07) is 17.9. The molecule has 3 aromatic rings. The van der Waals surface area contributed by atoms with Crippen LogP contribution in [-0.2, 0) is 5.75 Å². The van der Waals surface area contributed by atoms with Gasteiger partial charge >= 0.3 is 0 Å². The van der Waals surface area contributed by atoms with Gasteiger partial charge in [-0.25, -0.2) is 0 Å². The molecule has 0 saturated heterocycles. The van der Waals surface area contributed by atoms with Gasteiger partial charge in [-0.05, 0) is 35.6 Å². The van der Waals surface area contributed by atoms with Crippen molar-refractivity contribution in [2.45, 2.75) is 21.9 Å². The molecule has 25 heavy (non-hydrogen) atoms. The number of amides is 1.